The monoisotopic (exact) mass is 204 g/mol. The Labute approximate surface area is 89.5 Å². The zero-order valence-corrected chi connectivity index (χ0v) is 9.37. The lowest BCUT2D eigenvalue weighted by molar-refractivity contribution is 0.435. The van der Waals surface area contributed by atoms with Crippen LogP contribution in [0.1, 0.15) is 20.8 Å². The van der Waals surface area contributed by atoms with Gasteiger partial charge in [0.05, 0.1) is 0 Å². The first kappa shape index (κ1) is 10.0. The van der Waals surface area contributed by atoms with E-state index in [0.29, 0.717) is 6.01 Å². The fraction of sp³-hybridized carbons (Fsp3) is 0.417. The summed E-state index contributed by atoms with van der Waals surface area (Å²) in [4.78, 5) is 4.34. The highest BCUT2D eigenvalue weighted by Gasteiger charge is 2.11. The lowest BCUT2D eigenvalue weighted by atomic mass is 9.97. The largest absolute Gasteiger partial charge is 0.424 e. The Balaban J connectivity index is 2.16. The molecule has 0 amide bonds. The van der Waals surface area contributed by atoms with Crippen molar-refractivity contribution in [3.63, 3.8) is 0 Å². The van der Waals surface area contributed by atoms with Gasteiger partial charge in [-0.1, -0.05) is 32.9 Å². The van der Waals surface area contributed by atoms with Crippen LogP contribution in [-0.2, 0) is 0 Å². The number of hydrogen-bond donors (Lipinski definition) is 1. The van der Waals surface area contributed by atoms with Crippen LogP contribution in [0.4, 0.5) is 6.01 Å². The molecule has 2 aromatic rings. The van der Waals surface area contributed by atoms with Crippen molar-refractivity contribution in [2.45, 2.75) is 20.8 Å². The number of para-hydroxylation sites is 2. The number of nitrogens with one attached hydrogen (secondary N) is 1. The summed E-state index contributed by atoms with van der Waals surface area (Å²) in [6, 6.07) is 8.37. The van der Waals surface area contributed by atoms with Crippen molar-refractivity contribution in [2.75, 3.05) is 11.9 Å². The molecule has 0 saturated heterocycles. The zero-order valence-electron chi connectivity index (χ0n) is 9.37. The van der Waals surface area contributed by atoms with Crippen LogP contribution >= 0.6 is 0 Å². The normalized spacial score (nSPS) is 11.9. The summed E-state index contributed by atoms with van der Waals surface area (Å²) in [5.74, 6) is 0. The summed E-state index contributed by atoms with van der Waals surface area (Å²) in [6.07, 6.45) is 0. The molecule has 0 radical (unpaired) electrons. The maximum atomic E-state index is 5.54. The van der Waals surface area contributed by atoms with E-state index in [1.165, 1.54) is 0 Å². The predicted octanol–water partition coefficient (Wildman–Crippen LogP) is 3.29. The third-order valence-corrected chi connectivity index (χ3v) is 2.06. The van der Waals surface area contributed by atoms with E-state index in [2.05, 4.69) is 31.1 Å². The van der Waals surface area contributed by atoms with Gasteiger partial charge in [-0.3, -0.25) is 0 Å². The fourth-order valence-electron chi connectivity index (χ4n) is 1.29. The molecule has 80 valence electrons. The maximum absolute atomic E-state index is 5.54. The Morgan fingerprint density at radius 2 is 2.00 bits per heavy atom. The summed E-state index contributed by atoms with van der Waals surface area (Å²) < 4.78 is 5.54. The highest BCUT2D eigenvalue weighted by atomic mass is 16.4. The molecule has 0 aliphatic rings. The second-order valence-electron chi connectivity index (χ2n) is 4.90. The van der Waals surface area contributed by atoms with Gasteiger partial charge in [-0.15, -0.1) is 0 Å². The topological polar surface area (TPSA) is 38.1 Å². The number of anilines is 1. The minimum absolute atomic E-state index is 0.223. The van der Waals surface area contributed by atoms with Crippen LogP contribution in [0.15, 0.2) is 28.7 Å². The number of hydrogen-bond acceptors (Lipinski definition) is 3. The molecule has 3 heteroatoms. The van der Waals surface area contributed by atoms with Crippen molar-refractivity contribution < 1.29 is 4.42 Å². The second-order valence-corrected chi connectivity index (χ2v) is 4.90. The third-order valence-electron chi connectivity index (χ3n) is 2.06. The van der Waals surface area contributed by atoms with Gasteiger partial charge < -0.3 is 9.73 Å². The van der Waals surface area contributed by atoms with Crippen LogP contribution in [0.5, 0.6) is 0 Å². The van der Waals surface area contributed by atoms with E-state index in [-0.39, 0.29) is 5.41 Å². The fourth-order valence-corrected chi connectivity index (χ4v) is 1.29. The molecule has 0 saturated carbocycles. The van der Waals surface area contributed by atoms with Gasteiger partial charge in [0, 0.05) is 6.54 Å². The predicted molar refractivity (Wildman–Crippen MR) is 62.0 cm³/mol. The third kappa shape index (κ3) is 2.49. The van der Waals surface area contributed by atoms with Crippen LogP contribution < -0.4 is 5.32 Å². The molecular formula is C12H16N2O. The summed E-state index contributed by atoms with van der Waals surface area (Å²) >= 11 is 0. The van der Waals surface area contributed by atoms with Crippen molar-refractivity contribution in [3.8, 4) is 0 Å². The summed E-state index contributed by atoms with van der Waals surface area (Å²) in [7, 11) is 0. The van der Waals surface area contributed by atoms with E-state index in [4.69, 9.17) is 4.42 Å². The van der Waals surface area contributed by atoms with E-state index in [1.807, 2.05) is 24.3 Å². The second kappa shape index (κ2) is 3.57. The van der Waals surface area contributed by atoms with Gasteiger partial charge in [0.1, 0.15) is 5.52 Å². The smallest absolute Gasteiger partial charge is 0.295 e. The molecule has 0 spiro atoms. The minimum Gasteiger partial charge on any atom is -0.424 e. The highest BCUT2D eigenvalue weighted by Crippen LogP contribution is 2.20. The molecule has 0 fully saturated rings. The zero-order chi connectivity index (χ0) is 10.9. The van der Waals surface area contributed by atoms with Gasteiger partial charge in [0.25, 0.3) is 6.01 Å². The standard InChI is InChI=1S/C12H16N2O/c1-12(2,3)8-13-11-14-9-6-4-5-7-10(9)15-11/h4-7H,8H2,1-3H3,(H,13,14). The molecular weight excluding hydrogens is 188 g/mol. The van der Waals surface area contributed by atoms with Gasteiger partial charge in [-0.05, 0) is 17.5 Å². The average molecular weight is 204 g/mol. The van der Waals surface area contributed by atoms with Crippen LogP contribution in [-0.4, -0.2) is 11.5 Å². The molecule has 1 N–H and O–H groups in total. The van der Waals surface area contributed by atoms with Gasteiger partial charge in [0.2, 0.25) is 0 Å². The molecule has 1 heterocycles. The summed E-state index contributed by atoms with van der Waals surface area (Å²) in [6.45, 7) is 7.35. The number of nitrogens with zero attached hydrogens (tertiary/aromatic N) is 1. The molecule has 0 aliphatic heterocycles. The first-order valence-corrected chi connectivity index (χ1v) is 5.14. The first-order valence-electron chi connectivity index (χ1n) is 5.14. The molecule has 0 atom stereocenters. The molecule has 0 aliphatic carbocycles. The molecule has 2 rings (SSSR count). The molecule has 1 aromatic heterocycles. The Morgan fingerprint density at radius 3 is 2.67 bits per heavy atom. The lowest BCUT2D eigenvalue weighted by Gasteiger charge is -2.17. The van der Waals surface area contributed by atoms with E-state index in [9.17, 15) is 0 Å². The quantitative estimate of drug-likeness (QED) is 0.815. The highest BCUT2D eigenvalue weighted by molar-refractivity contribution is 5.74. The molecule has 15 heavy (non-hydrogen) atoms. The van der Waals surface area contributed by atoms with Crippen molar-refractivity contribution in [3.05, 3.63) is 24.3 Å². The van der Waals surface area contributed by atoms with E-state index in [1.54, 1.807) is 0 Å². The van der Waals surface area contributed by atoms with Crippen molar-refractivity contribution >= 4 is 17.1 Å². The molecule has 3 nitrogen and oxygen atoms in total. The lowest BCUT2D eigenvalue weighted by Crippen LogP contribution is -2.19. The van der Waals surface area contributed by atoms with Crippen molar-refractivity contribution in [1.82, 2.24) is 4.98 Å². The number of fused-ring (bicyclic) bond motifs is 1. The average Bonchev–Trinajstić information content (AvgIpc) is 2.56. The first-order chi connectivity index (χ1) is 7.04. The van der Waals surface area contributed by atoms with E-state index < -0.39 is 0 Å². The van der Waals surface area contributed by atoms with Gasteiger partial charge in [-0.25, -0.2) is 0 Å². The van der Waals surface area contributed by atoms with Crippen molar-refractivity contribution in [1.29, 1.82) is 0 Å². The van der Waals surface area contributed by atoms with Crippen LogP contribution in [0.25, 0.3) is 11.1 Å². The van der Waals surface area contributed by atoms with Crippen LogP contribution in [0.2, 0.25) is 0 Å². The summed E-state index contributed by atoms with van der Waals surface area (Å²) in [5, 5.41) is 3.20. The number of rotatable bonds is 2. The SMILES string of the molecule is CC(C)(C)CNc1nc2ccccc2o1. The molecule has 0 unspecified atom stereocenters. The summed E-state index contributed by atoms with van der Waals surface area (Å²) in [5.41, 5.74) is 1.95. The van der Waals surface area contributed by atoms with Crippen LogP contribution in [0.3, 0.4) is 0 Å². The van der Waals surface area contributed by atoms with Gasteiger partial charge in [0.15, 0.2) is 5.58 Å². The van der Waals surface area contributed by atoms with E-state index in [0.717, 1.165) is 17.6 Å². The minimum atomic E-state index is 0.223. The Morgan fingerprint density at radius 1 is 1.27 bits per heavy atom. The van der Waals surface area contributed by atoms with E-state index >= 15 is 0 Å². The Kier molecular flexibility index (Phi) is 2.39. The molecule has 1 aromatic carbocycles. The number of oxazole rings is 1. The van der Waals surface area contributed by atoms with Gasteiger partial charge in [-0.2, -0.15) is 4.98 Å². The Bertz CT molecular complexity index is 421. The number of benzene rings is 1. The van der Waals surface area contributed by atoms with Crippen molar-refractivity contribution in [2.24, 2.45) is 5.41 Å². The molecule has 0 bridgehead atoms. The Hall–Kier alpha value is -1.51. The maximum Gasteiger partial charge on any atom is 0.295 e. The van der Waals surface area contributed by atoms with Gasteiger partial charge >= 0.3 is 0 Å². The number of aromatic nitrogens is 1. The van der Waals surface area contributed by atoms with Crippen LogP contribution in [0, 0.1) is 5.41 Å².